The second-order valence-corrected chi connectivity index (χ2v) is 7.30. The maximum atomic E-state index is 12.5. The highest BCUT2D eigenvalue weighted by molar-refractivity contribution is 7.07. The smallest absolute Gasteiger partial charge is 0.246 e. The SMILES string of the molecule is C=CC(=O)N(Cc1cscn1)CC1(c2ccccc2C)CCOCC1. The van der Waals surface area contributed by atoms with E-state index >= 15 is 0 Å². The molecule has 0 spiro atoms. The molecule has 0 aliphatic carbocycles. The van der Waals surface area contributed by atoms with Crippen LogP contribution in [0.3, 0.4) is 0 Å². The minimum absolute atomic E-state index is 0.0487. The van der Waals surface area contributed by atoms with E-state index in [0.29, 0.717) is 13.1 Å². The number of hydrogen-bond donors (Lipinski definition) is 0. The lowest BCUT2D eigenvalue weighted by Gasteiger charge is -2.42. The number of hydrogen-bond acceptors (Lipinski definition) is 4. The maximum Gasteiger partial charge on any atom is 0.246 e. The molecule has 0 saturated carbocycles. The van der Waals surface area contributed by atoms with Gasteiger partial charge in [0, 0.05) is 30.6 Å². The molecule has 4 nitrogen and oxygen atoms in total. The van der Waals surface area contributed by atoms with Crippen LogP contribution in [0.5, 0.6) is 0 Å². The van der Waals surface area contributed by atoms with Crippen molar-refractivity contribution in [2.75, 3.05) is 19.8 Å². The molecular weight excluding hydrogens is 332 g/mol. The Kier molecular flexibility index (Phi) is 5.66. The second kappa shape index (κ2) is 7.93. The van der Waals surface area contributed by atoms with Gasteiger partial charge in [-0.05, 0) is 37.0 Å². The van der Waals surface area contributed by atoms with Crippen molar-refractivity contribution in [3.05, 3.63) is 64.6 Å². The van der Waals surface area contributed by atoms with E-state index in [1.807, 2.05) is 10.3 Å². The summed E-state index contributed by atoms with van der Waals surface area (Å²) in [6.07, 6.45) is 3.23. The standard InChI is InChI=1S/C20H24N2O2S/c1-3-19(23)22(12-17-13-25-15-21-17)14-20(8-10-24-11-9-20)18-7-5-4-6-16(18)2/h3-7,13,15H,1,8-12,14H2,2H3. The van der Waals surface area contributed by atoms with Gasteiger partial charge in [0.2, 0.25) is 5.91 Å². The maximum absolute atomic E-state index is 12.5. The first-order valence-corrected chi connectivity index (χ1v) is 9.51. The summed E-state index contributed by atoms with van der Waals surface area (Å²) in [5.74, 6) is -0.0487. The number of rotatable bonds is 6. The molecule has 5 heteroatoms. The van der Waals surface area contributed by atoms with E-state index < -0.39 is 0 Å². The predicted octanol–water partition coefficient (Wildman–Crippen LogP) is 3.71. The van der Waals surface area contributed by atoms with Crippen molar-refractivity contribution in [2.24, 2.45) is 0 Å². The van der Waals surface area contributed by atoms with Crippen LogP contribution >= 0.6 is 11.3 Å². The van der Waals surface area contributed by atoms with Gasteiger partial charge in [-0.25, -0.2) is 4.98 Å². The van der Waals surface area contributed by atoms with Gasteiger partial charge < -0.3 is 9.64 Å². The molecule has 25 heavy (non-hydrogen) atoms. The summed E-state index contributed by atoms with van der Waals surface area (Å²) in [6, 6.07) is 8.49. The van der Waals surface area contributed by atoms with Crippen molar-refractivity contribution < 1.29 is 9.53 Å². The molecule has 1 saturated heterocycles. The van der Waals surface area contributed by atoms with Crippen LogP contribution in [-0.2, 0) is 21.5 Å². The number of carbonyl (C=O) groups excluding carboxylic acids is 1. The Morgan fingerprint density at radius 1 is 1.40 bits per heavy atom. The largest absolute Gasteiger partial charge is 0.381 e. The van der Waals surface area contributed by atoms with Crippen molar-refractivity contribution in [3.8, 4) is 0 Å². The number of thiazole rings is 1. The molecular formula is C20H24N2O2S. The Hall–Kier alpha value is -1.98. The lowest BCUT2D eigenvalue weighted by atomic mass is 9.72. The zero-order valence-corrected chi connectivity index (χ0v) is 15.4. The summed E-state index contributed by atoms with van der Waals surface area (Å²) in [6.45, 7) is 8.45. The van der Waals surface area contributed by atoms with Crippen LogP contribution in [0, 0.1) is 6.92 Å². The first-order valence-electron chi connectivity index (χ1n) is 8.57. The van der Waals surface area contributed by atoms with Crippen molar-refractivity contribution in [2.45, 2.75) is 31.7 Å². The van der Waals surface area contributed by atoms with Crippen LogP contribution in [0.4, 0.5) is 0 Å². The van der Waals surface area contributed by atoms with Crippen LogP contribution in [-0.4, -0.2) is 35.5 Å². The third kappa shape index (κ3) is 3.99. The Balaban J connectivity index is 1.93. The Bertz CT molecular complexity index is 721. The molecule has 3 rings (SSSR count). The van der Waals surface area contributed by atoms with Crippen LogP contribution in [0.15, 0.2) is 47.8 Å². The van der Waals surface area contributed by atoms with Gasteiger partial charge in [-0.15, -0.1) is 11.3 Å². The van der Waals surface area contributed by atoms with Gasteiger partial charge in [-0.2, -0.15) is 0 Å². The molecule has 1 fully saturated rings. The van der Waals surface area contributed by atoms with E-state index in [4.69, 9.17) is 4.74 Å². The number of aryl methyl sites for hydroxylation is 1. The number of nitrogens with zero attached hydrogens (tertiary/aromatic N) is 2. The van der Waals surface area contributed by atoms with Crippen molar-refractivity contribution in [3.63, 3.8) is 0 Å². The molecule has 0 N–H and O–H groups in total. The van der Waals surface area contributed by atoms with Crippen molar-refractivity contribution >= 4 is 17.2 Å². The second-order valence-electron chi connectivity index (χ2n) is 6.59. The van der Waals surface area contributed by atoms with E-state index in [0.717, 1.165) is 31.7 Å². The Morgan fingerprint density at radius 2 is 2.16 bits per heavy atom. The number of amides is 1. The van der Waals surface area contributed by atoms with Crippen LogP contribution in [0.25, 0.3) is 0 Å². The quantitative estimate of drug-likeness (QED) is 0.741. The van der Waals surface area contributed by atoms with Gasteiger partial charge in [0.25, 0.3) is 0 Å². The van der Waals surface area contributed by atoms with Crippen molar-refractivity contribution in [1.82, 2.24) is 9.88 Å². The van der Waals surface area contributed by atoms with Crippen LogP contribution in [0.2, 0.25) is 0 Å². The summed E-state index contributed by atoms with van der Waals surface area (Å²) in [7, 11) is 0. The van der Waals surface area contributed by atoms with E-state index in [2.05, 4.69) is 42.8 Å². The van der Waals surface area contributed by atoms with Crippen LogP contribution < -0.4 is 0 Å². The summed E-state index contributed by atoms with van der Waals surface area (Å²) in [5.41, 5.74) is 5.23. The molecule has 1 aliphatic rings. The third-order valence-electron chi connectivity index (χ3n) is 4.98. The average Bonchev–Trinajstić information content (AvgIpc) is 3.15. The number of ether oxygens (including phenoxy) is 1. The summed E-state index contributed by atoms with van der Waals surface area (Å²) in [4.78, 5) is 18.7. The van der Waals surface area contributed by atoms with E-state index in [1.165, 1.54) is 17.2 Å². The highest BCUT2D eigenvalue weighted by atomic mass is 32.1. The fraction of sp³-hybridized carbons (Fsp3) is 0.400. The van der Waals surface area contributed by atoms with Gasteiger partial charge >= 0.3 is 0 Å². The third-order valence-corrected chi connectivity index (χ3v) is 5.62. The monoisotopic (exact) mass is 356 g/mol. The molecule has 1 aromatic heterocycles. The molecule has 1 aliphatic heterocycles. The van der Waals surface area contributed by atoms with Gasteiger partial charge in [0.15, 0.2) is 0 Å². The number of carbonyl (C=O) groups is 1. The summed E-state index contributed by atoms with van der Waals surface area (Å²) >= 11 is 1.55. The topological polar surface area (TPSA) is 42.4 Å². The molecule has 1 aromatic carbocycles. The van der Waals surface area contributed by atoms with E-state index in [-0.39, 0.29) is 11.3 Å². The first kappa shape index (κ1) is 17.8. The zero-order valence-electron chi connectivity index (χ0n) is 14.6. The highest BCUT2D eigenvalue weighted by Crippen LogP contribution is 2.37. The van der Waals surface area contributed by atoms with Crippen LogP contribution in [0.1, 0.15) is 29.7 Å². The van der Waals surface area contributed by atoms with E-state index in [1.54, 1.807) is 16.8 Å². The van der Waals surface area contributed by atoms with Gasteiger partial charge in [0.1, 0.15) is 0 Å². The lowest BCUT2D eigenvalue weighted by Crippen LogP contribution is -2.46. The molecule has 132 valence electrons. The van der Waals surface area contributed by atoms with Gasteiger partial charge in [0.05, 0.1) is 17.7 Å². The summed E-state index contributed by atoms with van der Waals surface area (Å²) in [5, 5.41) is 1.99. The Morgan fingerprint density at radius 3 is 2.80 bits per heavy atom. The average molecular weight is 356 g/mol. The fourth-order valence-electron chi connectivity index (χ4n) is 3.66. The first-order chi connectivity index (χ1) is 12.1. The minimum Gasteiger partial charge on any atom is -0.381 e. The molecule has 2 heterocycles. The van der Waals surface area contributed by atoms with Gasteiger partial charge in [-0.3, -0.25) is 4.79 Å². The number of benzene rings is 1. The molecule has 0 unspecified atom stereocenters. The zero-order chi connectivity index (χ0) is 17.7. The fourth-order valence-corrected chi connectivity index (χ4v) is 4.21. The van der Waals surface area contributed by atoms with E-state index in [9.17, 15) is 4.79 Å². The Labute approximate surface area is 153 Å². The predicted molar refractivity (Wildman–Crippen MR) is 101 cm³/mol. The lowest BCUT2D eigenvalue weighted by molar-refractivity contribution is -0.128. The molecule has 0 radical (unpaired) electrons. The molecule has 0 bridgehead atoms. The molecule has 1 amide bonds. The highest BCUT2D eigenvalue weighted by Gasteiger charge is 2.38. The minimum atomic E-state index is -0.0850. The molecule has 2 aromatic rings. The normalized spacial score (nSPS) is 16.4. The van der Waals surface area contributed by atoms with Gasteiger partial charge in [-0.1, -0.05) is 30.8 Å². The number of aromatic nitrogens is 1. The molecule has 0 atom stereocenters. The van der Waals surface area contributed by atoms with Crippen molar-refractivity contribution in [1.29, 1.82) is 0 Å². The summed E-state index contributed by atoms with van der Waals surface area (Å²) < 4.78 is 5.63.